The molecular formula is C7H17N2O2P. The molecule has 1 aliphatic rings. The van der Waals surface area contributed by atoms with E-state index in [0.29, 0.717) is 0 Å². The summed E-state index contributed by atoms with van der Waals surface area (Å²) in [6.45, 7) is 1.58. The SMILES string of the molecule is COP(C)(=O)NC1CCCC1N. The van der Waals surface area contributed by atoms with E-state index < -0.39 is 7.52 Å². The third kappa shape index (κ3) is 2.56. The van der Waals surface area contributed by atoms with Crippen LogP contribution in [0.5, 0.6) is 0 Å². The molecule has 0 saturated heterocycles. The molecule has 12 heavy (non-hydrogen) atoms. The summed E-state index contributed by atoms with van der Waals surface area (Å²) >= 11 is 0. The maximum atomic E-state index is 11.5. The fourth-order valence-corrected chi connectivity index (χ4v) is 2.53. The van der Waals surface area contributed by atoms with E-state index in [0.717, 1.165) is 19.3 Å². The first kappa shape index (κ1) is 10.2. The van der Waals surface area contributed by atoms with E-state index in [2.05, 4.69) is 5.09 Å². The molecule has 0 aromatic rings. The van der Waals surface area contributed by atoms with Gasteiger partial charge in [-0.05, 0) is 12.8 Å². The lowest BCUT2D eigenvalue weighted by Gasteiger charge is -2.21. The molecule has 0 aliphatic heterocycles. The Kier molecular flexibility index (Phi) is 3.29. The maximum Gasteiger partial charge on any atom is 0.266 e. The van der Waals surface area contributed by atoms with Crippen molar-refractivity contribution in [1.29, 1.82) is 0 Å². The third-order valence-electron chi connectivity index (χ3n) is 2.32. The van der Waals surface area contributed by atoms with E-state index in [1.54, 1.807) is 6.66 Å². The normalized spacial score (nSPS) is 34.9. The van der Waals surface area contributed by atoms with Crippen molar-refractivity contribution in [1.82, 2.24) is 5.09 Å². The largest absolute Gasteiger partial charge is 0.326 e. The van der Waals surface area contributed by atoms with Gasteiger partial charge in [0.1, 0.15) is 0 Å². The van der Waals surface area contributed by atoms with E-state index in [9.17, 15) is 4.57 Å². The summed E-state index contributed by atoms with van der Waals surface area (Å²) in [6.07, 6.45) is 3.13. The molecule has 0 radical (unpaired) electrons. The van der Waals surface area contributed by atoms with Gasteiger partial charge in [-0.15, -0.1) is 0 Å². The highest BCUT2D eigenvalue weighted by atomic mass is 31.2. The fourth-order valence-electron chi connectivity index (χ4n) is 1.50. The minimum Gasteiger partial charge on any atom is -0.326 e. The first-order chi connectivity index (χ1) is 5.55. The van der Waals surface area contributed by atoms with Crippen LogP contribution in [0, 0.1) is 0 Å². The lowest BCUT2D eigenvalue weighted by atomic mass is 10.2. The smallest absolute Gasteiger partial charge is 0.266 e. The van der Waals surface area contributed by atoms with Gasteiger partial charge in [0.2, 0.25) is 0 Å². The highest BCUT2D eigenvalue weighted by molar-refractivity contribution is 7.56. The molecule has 0 heterocycles. The van der Waals surface area contributed by atoms with Crippen molar-refractivity contribution in [3.05, 3.63) is 0 Å². The second-order valence-corrected chi connectivity index (χ2v) is 5.67. The van der Waals surface area contributed by atoms with Crippen molar-refractivity contribution in [3.63, 3.8) is 0 Å². The van der Waals surface area contributed by atoms with Crippen LogP contribution in [0.3, 0.4) is 0 Å². The van der Waals surface area contributed by atoms with Gasteiger partial charge in [0.15, 0.2) is 0 Å². The second kappa shape index (κ2) is 3.88. The van der Waals surface area contributed by atoms with E-state index in [1.807, 2.05) is 0 Å². The Morgan fingerprint density at radius 1 is 1.58 bits per heavy atom. The van der Waals surface area contributed by atoms with E-state index >= 15 is 0 Å². The van der Waals surface area contributed by atoms with Crippen molar-refractivity contribution < 1.29 is 9.09 Å². The minimum atomic E-state index is -2.59. The van der Waals surface area contributed by atoms with Gasteiger partial charge in [-0.1, -0.05) is 6.42 Å². The van der Waals surface area contributed by atoms with Gasteiger partial charge < -0.3 is 10.3 Å². The topological polar surface area (TPSA) is 64.3 Å². The molecule has 3 N–H and O–H groups in total. The molecule has 1 rings (SSSR count). The summed E-state index contributed by atoms with van der Waals surface area (Å²) in [5.41, 5.74) is 5.80. The van der Waals surface area contributed by atoms with Crippen LogP contribution >= 0.6 is 7.52 Å². The lowest BCUT2D eigenvalue weighted by Crippen LogP contribution is -2.39. The van der Waals surface area contributed by atoms with Crippen LogP contribution in [-0.4, -0.2) is 25.9 Å². The Hall–Kier alpha value is 0.110. The van der Waals surface area contributed by atoms with Crippen LogP contribution in [0.25, 0.3) is 0 Å². The van der Waals surface area contributed by atoms with Crippen LogP contribution in [0.2, 0.25) is 0 Å². The maximum absolute atomic E-state index is 11.5. The summed E-state index contributed by atoms with van der Waals surface area (Å²) in [5, 5.41) is 2.96. The molecule has 0 aromatic carbocycles. The predicted molar refractivity (Wildman–Crippen MR) is 49.3 cm³/mol. The van der Waals surface area contributed by atoms with Crippen molar-refractivity contribution in [2.75, 3.05) is 13.8 Å². The van der Waals surface area contributed by atoms with Gasteiger partial charge in [0.25, 0.3) is 7.52 Å². The summed E-state index contributed by atoms with van der Waals surface area (Å²) in [4.78, 5) is 0. The molecule has 4 nitrogen and oxygen atoms in total. The number of rotatable bonds is 3. The third-order valence-corrected chi connectivity index (χ3v) is 3.82. The molecule has 72 valence electrons. The van der Waals surface area contributed by atoms with E-state index in [4.69, 9.17) is 10.3 Å². The zero-order valence-corrected chi connectivity index (χ0v) is 8.51. The van der Waals surface area contributed by atoms with Gasteiger partial charge in [0, 0.05) is 25.9 Å². The first-order valence-corrected chi connectivity index (χ1v) is 6.29. The first-order valence-electron chi connectivity index (χ1n) is 4.22. The molecule has 5 heteroatoms. The average molecular weight is 192 g/mol. The monoisotopic (exact) mass is 192 g/mol. The van der Waals surface area contributed by atoms with Crippen LogP contribution in [0.1, 0.15) is 19.3 Å². The molecule has 0 bridgehead atoms. The molecule has 0 amide bonds. The predicted octanol–water partition coefficient (Wildman–Crippen LogP) is 0.925. The molecule has 3 unspecified atom stereocenters. The molecule has 0 spiro atoms. The van der Waals surface area contributed by atoms with Gasteiger partial charge >= 0.3 is 0 Å². The summed E-state index contributed by atoms with van der Waals surface area (Å²) in [7, 11) is -1.14. The van der Waals surface area contributed by atoms with Crippen molar-refractivity contribution in [2.24, 2.45) is 5.73 Å². The van der Waals surface area contributed by atoms with Gasteiger partial charge in [-0.2, -0.15) is 0 Å². The standard InChI is InChI=1S/C7H17N2O2P/c1-11-12(2,10)9-7-5-3-4-6(7)8/h6-7H,3-5,8H2,1-2H3,(H,9,10). The van der Waals surface area contributed by atoms with Crippen LogP contribution in [0.15, 0.2) is 0 Å². The van der Waals surface area contributed by atoms with Gasteiger partial charge in [-0.25, -0.2) is 5.09 Å². The summed E-state index contributed by atoms with van der Waals surface area (Å²) in [6, 6.07) is 0.300. The van der Waals surface area contributed by atoms with Crippen molar-refractivity contribution in [3.8, 4) is 0 Å². The zero-order valence-electron chi connectivity index (χ0n) is 7.62. The number of nitrogens with two attached hydrogens (primary N) is 1. The molecule has 3 atom stereocenters. The van der Waals surface area contributed by atoms with Gasteiger partial charge in [-0.3, -0.25) is 4.57 Å². The summed E-state index contributed by atoms with van der Waals surface area (Å²) in [5.74, 6) is 0. The molecule has 1 aliphatic carbocycles. The molecule has 1 saturated carbocycles. The van der Waals surface area contributed by atoms with Crippen molar-refractivity contribution >= 4 is 7.52 Å². The van der Waals surface area contributed by atoms with Crippen LogP contribution in [0.4, 0.5) is 0 Å². The van der Waals surface area contributed by atoms with E-state index in [-0.39, 0.29) is 12.1 Å². The Labute approximate surface area is 73.4 Å². The molecular weight excluding hydrogens is 175 g/mol. The molecule has 1 fully saturated rings. The van der Waals surface area contributed by atoms with Crippen LogP contribution in [-0.2, 0) is 9.09 Å². The van der Waals surface area contributed by atoms with Crippen LogP contribution < -0.4 is 10.8 Å². The molecule has 0 aromatic heterocycles. The van der Waals surface area contributed by atoms with E-state index in [1.165, 1.54) is 7.11 Å². The summed E-state index contributed by atoms with van der Waals surface area (Å²) < 4.78 is 16.3. The Balaban J connectivity index is 2.45. The number of nitrogens with one attached hydrogen (secondary N) is 1. The zero-order chi connectivity index (χ0) is 9.19. The number of hydrogen-bond acceptors (Lipinski definition) is 3. The Morgan fingerprint density at radius 2 is 2.25 bits per heavy atom. The highest BCUT2D eigenvalue weighted by Gasteiger charge is 2.28. The Morgan fingerprint density at radius 3 is 2.67 bits per heavy atom. The van der Waals surface area contributed by atoms with Crippen molar-refractivity contribution in [2.45, 2.75) is 31.3 Å². The number of hydrogen-bond donors (Lipinski definition) is 2. The van der Waals surface area contributed by atoms with Gasteiger partial charge in [0.05, 0.1) is 0 Å². The lowest BCUT2D eigenvalue weighted by molar-refractivity contribution is 0.375. The highest BCUT2D eigenvalue weighted by Crippen LogP contribution is 2.38. The average Bonchev–Trinajstić information content (AvgIpc) is 2.36. The Bertz CT molecular complexity index is 198. The quantitative estimate of drug-likeness (QED) is 0.653. The fraction of sp³-hybridized carbons (Fsp3) is 1.00. The second-order valence-electron chi connectivity index (χ2n) is 3.36. The minimum absolute atomic E-state index is 0.133.